The predicted octanol–water partition coefficient (Wildman–Crippen LogP) is 1.51. The highest BCUT2D eigenvalue weighted by atomic mass is 16.4. The van der Waals surface area contributed by atoms with Gasteiger partial charge in [0.05, 0.1) is 0 Å². The zero-order chi connectivity index (χ0) is 13.7. The topological polar surface area (TPSA) is 83.6 Å². The molecule has 0 unspecified atom stereocenters. The number of nitrogens with zero attached hydrogens (tertiary/aromatic N) is 1. The van der Waals surface area contributed by atoms with Crippen LogP contribution in [-0.4, -0.2) is 35.5 Å². The number of carbonyl (C=O) groups excluding carboxylic acids is 1. The van der Waals surface area contributed by atoms with Crippen molar-refractivity contribution in [3.63, 3.8) is 0 Å². The van der Waals surface area contributed by atoms with E-state index in [9.17, 15) is 9.59 Å². The van der Waals surface area contributed by atoms with Crippen molar-refractivity contribution in [2.24, 2.45) is 0 Å². The van der Waals surface area contributed by atoms with Crippen molar-refractivity contribution in [3.05, 3.63) is 29.3 Å². The minimum atomic E-state index is -0.848. The Morgan fingerprint density at radius 2 is 2.06 bits per heavy atom. The molecule has 0 aliphatic rings. The van der Waals surface area contributed by atoms with Crippen LogP contribution in [0.25, 0.3) is 0 Å². The highest BCUT2D eigenvalue weighted by molar-refractivity contribution is 5.94. The number of aliphatic carboxylic acids is 1. The number of aryl methyl sites for hydroxylation is 1. The average Bonchev–Trinajstić information content (AvgIpc) is 2.31. The van der Waals surface area contributed by atoms with Crippen molar-refractivity contribution in [3.8, 4) is 0 Å². The lowest BCUT2D eigenvalue weighted by molar-refractivity contribution is -0.137. The van der Waals surface area contributed by atoms with Crippen molar-refractivity contribution in [2.45, 2.75) is 19.8 Å². The van der Waals surface area contributed by atoms with E-state index in [4.69, 9.17) is 10.8 Å². The number of rotatable bonds is 5. The summed E-state index contributed by atoms with van der Waals surface area (Å²) in [6, 6.07) is 5.12. The van der Waals surface area contributed by atoms with Crippen LogP contribution in [0.15, 0.2) is 18.2 Å². The second-order valence-corrected chi connectivity index (χ2v) is 4.30. The second-order valence-electron chi connectivity index (χ2n) is 4.30. The predicted molar refractivity (Wildman–Crippen MR) is 69.4 cm³/mol. The molecule has 0 aliphatic heterocycles. The van der Waals surface area contributed by atoms with Crippen molar-refractivity contribution in [1.29, 1.82) is 0 Å². The molecule has 0 spiro atoms. The van der Waals surface area contributed by atoms with Gasteiger partial charge in [-0.15, -0.1) is 0 Å². The summed E-state index contributed by atoms with van der Waals surface area (Å²) in [5.41, 5.74) is 7.77. The molecule has 0 aromatic heterocycles. The fourth-order valence-electron chi connectivity index (χ4n) is 1.60. The molecule has 0 saturated heterocycles. The fraction of sp³-hybridized carbons (Fsp3) is 0.385. The van der Waals surface area contributed by atoms with Gasteiger partial charge in [-0.25, -0.2) is 0 Å². The molecule has 1 aromatic rings. The van der Waals surface area contributed by atoms with E-state index in [2.05, 4.69) is 0 Å². The van der Waals surface area contributed by atoms with Crippen molar-refractivity contribution in [1.82, 2.24) is 4.90 Å². The molecule has 0 saturated carbocycles. The van der Waals surface area contributed by atoms with Crippen molar-refractivity contribution < 1.29 is 14.7 Å². The van der Waals surface area contributed by atoms with Gasteiger partial charge in [0.2, 0.25) is 0 Å². The van der Waals surface area contributed by atoms with Crippen LogP contribution < -0.4 is 5.73 Å². The maximum absolute atomic E-state index is 12.0. The molecule has 0 aliphatic carbocycles. The first-order valence-electron chi connectivity index (χ1n) is 5.75. The van der Waals surface area contributed by atoms with E-state index in [0.29, 0.717) is 24.2 Å². The average molecular weight is 250 g/mol. The Bertz CT molecular complexity index is 458. The van der Waals surface area contributed by atoms with Gasteiger partial charge < -0.3 is 15.7 Å². The highest BCUT2D eigenvalue weighted by Gasteiger charge is 2.12. The molecule has 18 heavy (non-hydrogen) atoms. The lowest BCUT2D eigenvalue weighted by atomic mass is 10.1. The number of carbonyl (C=O) groups is 2. The van der Waals surface area contributed by atoms with Crippen molar-refractivity contribution >= 4 is 17.6 Å². The summed E-state index contributed by atoms with van der Waals surface area (Å²) in [4.78, 5) is 23.9. The van der Waals surface area contributed by atoms with E-state index in [1.807, 2.05) is 6.92 Å². The normalized spacial score (nSPS) is 10.1. The van der Waals surface area contributed by atoms with Crippen LogP contribution in [0.4, 0.5) is 5.69 Å². The molecule has 1 amide bonds. The summed E-state index contributed by atoms with van der Waals surface area (Å²) in [6.45, 7) is 2.27. The first-order valence-corrected chi connectivity index (χ1v) is 5.75. The first kappa shape index (κ1) is 14.0. The third kappa shape index (κ3) is 3.76. The number of hydrogen-bond acceptors (Lipinski definition) is 3. The van der Waals surface area contributed by atoms with Gasteiger partial charge in [-0.05, 0) is 37.1 Å². The number of anilines is 1. The van der Waals surface area contributed by atoms with Gasteiger partial charge in [-0.2, -0.15) is 0 Å². The lowest BCUT2D eigenvalue weighted by Crippen LogP contribution is -2.28. The van der Waals surface area contributed by atoms with Gasteiger partial charge in [0.1, 0.15) is 0 Å². The molecule has 0 radical (unpaired) electrons. The largest absolute Gasteiger partial charge is 0.481 e. The third-order valence-corrected chi connectivity index (χ3v) is 2.75. The molecule has 5 heteroatoms. The third-order valence-electron chi connectivity index (χ3n) is 2.75. The van der Waals surface area contributed by atoms with E-state index in [1.54, 1.807) is 25.2 Å². The molecule has 1 rings (SSSR count). The monoisotopic (exact) mass is 250 g/mol. The van der Waals surface area contributed by atoms with Gasteiger partial charge in [0.15, 0.2) is 0 Å². The Morgan fingerprint density at radius 3 is 2.61 bits per heavy atom. The smallest absolute Gasteiger partial charge is 0.303 e. The molecule has 0 bridgehead atoms. The van der Waals surface area contributed by atoms with Crippen LogP contribution >= 0.6 is 0 Å². The van der Waals surface area contributed by atoms with E-state index in [1.165, 1.54) is 4.90 Å². The van der Waals surface area contributed by atoms with Gasteiger partial charge in [-0.1, -0.05) is 0 Å². The van der Waals surface area contributed by atoms with E-state index in [-0.39, 0.29) is 12.3 Å². The maximum atomic E-state index is 12.0. The summed E-state index contributed by atoms with van der Waals surface area (Å²) in [7, 11) is 1.66. The number of carboxylic acids is 1. The molecule has 0 heterocycles. The van der Waals surface area contributed by atoms with E-state index < -0.39 is 5.97 Å². The Labute approximate surface area is 106 Å². The fourth-order valence-corrected chi connectivity index (χ4v) is 1.60. The van der Waals surface area contributed by atoms with Gasteiger partial charge in [0, 0.05) is 31.3 Å². The molecule has 1 aromatic carbocycles. The second kappa shape index (κ2) is 6.05. The van der Waals surface area contributed by atoms with Crippen LogP contribution in [0.5, 0.6) is 0 Å². The Kier molecular flexibility index (Phi) is 4.71. The molecule has 5 nitrogen and oxygen atoms in total. The molecule has 0 atom stereocenters. The minimum absolute atomic E-state index is 0.0678. The Balaban J connectivity index is 2.62. The van der Waals surface area contributed by atoms with Gasteiger partial charge >= 0.3 is 5.97 Å². The quantitative estimate of drug-likeness (QED) is 0.776. The van der Waals surface area contributed by atoms with E-state index >= 15 is 0 Å². The number of nitrogen functional groups attached to an aromatic ring is 1. The lowest BCUT2D eigenvalue weighted by Gasteiger charge is -2.17. The van der Waals surface area contributed by atoms with Gasteiger partial charge in [0.25, 0.3) is 5.91 Å². The van der Waals surface area contributed by atoms with Crippen LogP contribution in [-0.2, 0) is 4.79 Å². The maximum Gasteiger partial charge on any atom is 0.303 e. The summed E-state index contributed by atoms with van der Waals surface area (Å²) in [5, 5.41) is 8.53. The summed E-state index contributed by atoms with van der Waals surface area (Å²) >= 11 is 0. The van der Waals surface area contributed by atoms with E-state index in [0.717, 1.165) is 5.56 Å². The van der Waals surface area contributed by atoms with Crippen LogP contribution in [0.3, 0.4) is 0 Å². The number of nitrogens with two attached hydrogens (primary N) is 1. The zero-order valence-electron chi connectivity index (χ0n) is 10.6. The summed E-state index contributed by atoms with van der Waals surface area (Å²) in [5.74, 6) is -0.970. The van der Waals surface area contributed by atoms with Crippen molar-refractivity contribution in [2.75, 3.05) is 19.3 Å². The summed E-state index contributed by atoms with van der Waals surface area (Å²) in [6.07, 6.45) is 0.518. The number of benzene rings is 1. The standard InChI is InChI=1S/C13H18N2O3/c1-9-8-10(5-6-11(9)14)13(18)15(2)7-3-4-12(16)17/h5-6,8H,3-4,7,14H2,1-2H3,(H,16,17). The SMILES string of the molecule is Cc1cc(C(=O)N(C)CCCC(=O)O)ccc1N. The molecular weight excluding hydrogens is 232 g/mol. The van der Waals surface area contributed by atoms with Crippen LogP contribution in [0.2, 0.25) is 0 Å². The zero-order valence-corrected chi connectivity index (χ0v) is 10.6. The number of carboxylic acid groups (broad SMARTS) is 1. The van der Waals surface area contributed by atoms with Crippen LogP contribution in [0.1, 0.15) is 28.8 Å². The molecule has 98 valence electrons. The highest BCUT2D eigenvalue weighted by Crippen LogP contribution is 2.14. The summed E-state index contributed by atoms with van der Waals surface area (Å²) < 4.78 is 0. The number of hydrogen-bond donors (Lipinski definition) is 2. The molecule has 0 fully saturated rings. The first-order chi connectivity index (χ1) is 8.41. The Morgan fingerprint density at radius 1 is 1.39 bits per heavy atom. The van der Waals surface area contributed by atoms with Crippen LogP contribution in [0, 0.1) is 6.92 Å². The number of amides is 1. The Hall–Kier alpha value is -2.04. The molecular formula is C13H18N2O3. The van der Waals surface area contributed by atoms with Gasteiger partial charge in [-0.3, -0.25) is 9.59 Å². The minimum Gasteiger partial charge on any atom is -0.481 e. The molecule has 3 N–H and O–H groups in total.